The topological polar surface area (TPSA) is 96.6 Å². The number of aliphatic imine (C=N–C) groups is 1. The zero-order chi connectivity index (χ0) is 17.6. The molecular formula is C16H22N4O2S2. The first-order valence-electron chi connectivity index (χ1n) is 7.57. The van der Waals surface area contributed by atoms with Crippen LogP contribution in [0.4, 0.5) is 0 Å². The number of guanidine groups is 1. The van der Waals surface area contributed by atoms with Crippen LogP contribution in [-0.4, -0.2) is 20.9 Å². The normalized spacial score (nSPS) is 12.2. The Kier molecular flexibility index (Phi) is 6.36. The highest BCUT2D eigenvalue weighted by atomic mass is 32.2. The van der Waals surface area contributed by atoms with Gasteiger partial charge in [-0.2, -0.15) is 0 Å². The second-order valence-electron chi connectivity index (χ2n) is 5.30. The van der Waals surface area contributed by atoms with Crippen LogP contribution in [-0.2, 0) is 23.1 Å². The van der Waals surface area contributed by atoms with Crippen molar-refractivity contribution < 1.29 is 8.42 Å². The smallest absolute Gasteiger partial charge is 0.247 e. The summed E-state index contributed by atoms with van der Waals surface area (Å²) in [6.45, 7) is 5.85. The monoisotopic (exact) mass is 366 g/mol. The van der Waals surface area contributed by atoms with Crippen molar-refractivity contribution in [2.24, 2.45) is 10.1 Å². The summed E-state index contributed by atoms with van der Waals surface area (Å²) in [5.41, 5.74) is 2.34. The van der Waals surface area contributed by atoms with Gasteiger partial charge in [0.1, 0.15) is 4.21 Å². The number of nitrogens with zero attached hydrogens (tertiary/aromatic N) is 1. The van der Waals surface area contributed by atoms with Gasteiger partial charge in [-0.05, 0) is 31.5 Å². The average Bonchev–Trinajstić information content (AvgIpc) is 2.99. The molecule has 0 aliphatic heterocycles. The molecule has 1 heterocycles. The molecule has 2 rings (SSSR count). The predicted molar refractivity (Wildman–Crippen MR) is 98.5 cm³/mol. The third-order valence-corrected chi connectivity index (χ3v) is 5.72. The van der Waals surface area contributed by atoms with E-state index in [1.165, 1.54) is 11.6 Å². The van der Waals surface area contributed by atoms with E-state index in [9.17, 15) is 8.42 Å². The Morgan fingerprint density at radius 3 is 2.67 bits per heavy atom. The molecule has 0 atom stereocenters. The third-order valence-electron chi connectivity index (χ3n) is 3.19. The quantitative estimate of drug-likeness (QED) is 0.538. The van der Waals surface area contributed by atoms with Crippen LogP contribution in [0.3, 0.4) is 0 Å². The Labute approximate surface area is 146 Å². The van der Waals surface area contributed by atoms with Gasteiger partial charge in [0.05, 0.1) is 13.1 Å². The number of nitrogens with one attached hydrogen (secondary N) is 2. The molecule has 24 heavy (non-hydrogen) atoms. The van der Waals surface area contributed by atoms with Gasteiger partial charge in [-0.25, -0.2) is 18.5 Å². The van der Waals surface area contributed by atoms with Gasteiger partial charge in [0.15, 0.2) is 5.96 Å². The van der Waals surface area contributed by atoms with Gasteiger partial charge in [-0.15, -0.1) is 11.3 Å². The fourth-order valence-electron chi connectivity index (χ4n) is 2.10. The number of rotatable bonds is 6. The van der Waals surface area contributed by atoms with Crippen molar-refractivity contribution in [1.82, 2.24) is 10.6 Å². The highest BCUT2D eigenvalue weighted by molar-refractivity contribution is 7.91. The number of benzene rings is 1. The number of sulfonamides is 1. The van der Waals surface area contributed by atoms with Crippen LogP contribution in [0.25, 0.3) is 0 Å². The summed E-state index contributed by atoms with van der Waals surface area (Å²) < 4.78 is 22.8. The summed E-state index contributed by atoms with van der Waals surface area (Å²) in [7, 11) is -3.64. The zero-order valence-electron chi connectivity index (χ0n) is 13.7. The van der Waals surface area contributed by atoms with E-state index in [-0.39, 0.29) is 4.21 Å². The lowest BCUT2D eigenvalue weighted by molar-refractivity contribution is 0.600. The van der Waals surface area contributed by atoms with Crippen molar-refractivity contribution in [3.63, 3.8) is 0 Å². The Morgan fingerprint density at radius 2 is 2.04 bits per heavy atom. The number of hydrogen-bond donors (Lipinski definition) is 3. The minimum absolute atomic E-state index is 0.168. The van der Waals surface area contributed by atoms with Gasteiger partial charge in [-0.3, -0.25) is 0 Å². The van der Waals surface area contributed by atoms with Crippen LogP contribution in [0.1, 0.15) is 22.9 Å². The van der Waals surface area contributed by atoms with Gasteiger partial charge in [0.2, 0.25) is 10.0 Å². The summed E-state index contributed by atoms with van der Waals surface area (Å²) in [4.78, 5) is 5.43. The molecule has 0 amide bonds. The highest BCUT2D eigenvalue weighted by Crippen LogP contribution is 2.19. The maximum Gasteiger partial charge on any atom is 0.247 e. The van der Waals surface area contributed by atoms with Crippen LogP contribution in [0.15, 0.2) is 45.6 Å². The molecular weight excluding hydrogens is 344 g/mol. The van der Waals surface area contributed by atoms with E-state index in [0.717, 1.165) is 28.3 Å². The second kappa shape index (κ2) is 8.27. The van der Waals surface area contributed by atoms with Gasteiger partial charge < -0.3 is 10.6 Å². The minimum Gasteiger partial charge on any atom is -0.357 e. The molecule has 0 unspecified atom stereocenters. The summed E-state index contributed by atoms with van der Waals surface area (Å²) in [5, 5.41) is 11.5. The molecule has 0 bridgehead atoms. The van der Waals surface area contributed by atoms with Crippen molar-refractivity contribution in [1.29, 1.82) is 0 Å². The summed E-state index contributed by atoms with van der Waals surface area (Å²) in [6, 6.07) is 11.5. The van der Waals surface area contributed by atoms with Crippen molar-refractivity contribution >= 4 is 27.3 Å². The molecule has 0 spiro atoms. The van der Waals surface area contributed by atoms with Gasteiger partial charge in [0.25, 0.3) is 0 Å². The fourth-order valence-corrected chi connectivity index (χ4v) is 3.82. The second-order valence-corrected chi connectivity index (χ2v) is 8.26. The summed E-state index contributed by atoms with van der Waals surface area (Å²) >= 11 is 1.16. The van der Waals surface area contributed by atoms with E-state index in [1.54, 1.807) is 6.07 Å². The van der Waals surface area contributed by atoms with Crippen LogP contribution in [0.2, 0.25) is 0 Å². The molecule has 0 fully saturated rings. The number of thiophene rings is 1. The van der Waals surface area contributed by atoms with Crippen LogP contribution in [0.5, 0.6) is 0 Å². The molecule has 2 aromatic rings. The number of aryl methyl sites for hydroxylation is 1. The maximum absolute atomic E-state index is 11.3. The van der Waals surface area contributed by atoms with Crippen LogP contribution >= 0.6 is 11.3 Å². The minimum atomic E-state index is -3.64. The molecule has 130 valence electrons. The lowest BCUT2D eigenvalue weighted by Gasteiger charge is -2.10. The molecule has 6 nitrogen and oxygen atoms in total. The van der Waals surface area contributed by atoms with Crippen molar-refractivity contribution in [3.05, 3.63) is 52.4 Å². The Balaban J connectivity index is 2.00. The lowest BCUT2D eigenvalue weighted by atomic mass is 10.1. The highest BCUT2D eigenvalue weighted by Gasteiger charge is 2.11. The van der Waals surface area contributed by atoms with E-state index in [1.807, 2.05) is 19.1 Å². The molecule has 8 heteroatoms. The Morgan fingerprint density at radius 1 is 1.25 bits per heavy atom. The molecule has 4 N–H and O–H groups in total. The predicted octanol–water partition coefficient (Wildman–Crippen LogP) is 1.96. The van der Waals surface area contributed by atoms with Crippen molar-refractivity contribution in [3.8, 4) is 0 Å². The van der Waals surface area contributed by atoms with Gasteiger partial charge >= 0.3 is 0 Å². The van der Waals surface area contributed by atoms with Crippen molar-refractivity contribution in [2.75, 3.05) is 6.54 Å². The summed E-state index contributed by atoms with van der Waals surface area (Å²) in [6.07, 6.45) is 0. The molecule has 0 aliphatic carbocycles. The van der Waals surface area contributed by atoms with E-state index in [4.69, 9.17) is 5.14 Å². The lowest BCUT2D eigenvalue weighted by Crippen LogP contribution is -2.36. The standard InChI is InChI=1S/C16H22N4O2S2/c1-3-18-16(19-10-13-6-4-5-12(2)9-13)20-11-14-7-8-15(23-14)24(17,21)22/h4-9H,3,10-11H2,1-2H3,(H2,17,21,22)(H2,18,19,20). The SMILES string of the molecule is CCNC(=NCc1cccc(C)c1)NCc1ccc(S(N)(=O)=O)s1. The third kappa shape index (κ3) is 5.63. The summed E-state index contributed by atoms with van der Waals surface area (Å²) in [5.74, 6) is 0.685. The molecule has 1 aromatic carbocycles. The Bertz CT molecular complexity index is 813. The first kappa shape index (κ1) is 18.4. The van der Waals surface area contributed by atoms with E-state index in [2.05, 4.69) is 34.7 Å². The van der Waals surface area contributed by atoms with E-state index in [0.29, 0.717) is 19.0 Å². The number of primary sulfonamides is 1. The van der Waals surface area contributed by atoms with Crippen LogP contribution in [0, 0.1) is 6.92 Å². The largest absolute Gasteiger partial charge is 0.357 e. The Hall–Kier alpha value is -1.90. The molecule has 0 saturated carbocycles. The molecule has 1 aromatic heterocycles. The van der Waals surface area contributed by atoms with E-state index < -0.39 is 10.0 Å². The first-order valence-corrected chi connectivity index (χ1v) is 9.94. The first-order chi connectivity index (χ1) is 11.4. The van der Waals surface area contributed by atoms with Crippen molar-refractivity contribution in [2.45, 2.75) is 31.1 Å². The van der Waals surface area contributed by atoms with Gasteiger partial charge in [0, 0.05) is 11.4 Å². The van der Waals surface area contributed by atoms with E-state index >= 15 is 0 Å². The average molecular weight is 367 g/mol. The van der Waals surface area contributed by atoms with Crippen LogP contribution < -0.4 is 15.8 Å². The number of nitrogens with two attached hydrogens (primary N) is 1. The molecule has 0 saturated heterocycles. The van der Waals surface area contributed by atoms with Gasteiger partial charge in [-0.1, -0.05) is 29.8 Å². The maximum atomic E-state index is 11.3. The fraction of sp³-hybridized carbons (Fsp3) is 0.312. The number of hydrogen-bond acceptors (Lipinski definition) is 4. The zero-order valence-corrected chi connectivity index (χ0v) is 15.4. The molecule has 0 radical (unpaired) electrons. The molecule has 0 aliphatic rings.